The molecule has 0 unspecified atom stereocenters. The highest BCUT2D eigenvalue weighted by molar-refractivity contribution is 5.87. The molecule has 1 aromatic carbocycles. The normalized spacial score (nSPS) is 19.2. The number of piperidine rings is 1. The van der Waals surface area contributed by atoms with Crippen LogP contribution in [0.5, 0.6) is 0 Å². The lowest BCUT2D eigenvalue weighted by molar-refractivity contribution is 0.0696. The minimum absolute atomic E-state index is 0.354. The van der Waals surface area contributed by atoms with Crippen molar-refractivity contribution in [3.8, 4) is 0 Å². The van der Waals surface area contributed by atoms with Crippen LogP contribution in [0.25, 0.3) is 0 Å². The minimum atomic E-state index is -0.871. The van der Waals surface area contributed by atoms with Gasteiger partial charge in [-0.05, 0) is 44.0 Å². The molecule has 0 radical (unpaired) electrons. The maximum Gasteiger partial charge on any atom is 0.335 e. The van der Waals surface area contributed by atoms with E-state index in [1.54, 1.807) is 12.1 Å². The lowest BCUT2D eigenvalue weighted by atomic mass is 9.97. The average Bonchev–Trinajstić information content (AvgIpc) is 2.94. The number of carboxylic acids is 1. The summed E-state index contributed by atoms with van der Waals surface area (Å²) >= 11 is 0. The van der Waals surface area contributed by atoms with Gasteiger partial charge in [-0.15, -0.1) is 0 Å². The van der Waals surface area contributed by atoms with Crippen molar-refractivity contribution in [2.45, 2.75) is 32.2 Å². The summed E-state index contributed by atoms with van der Waals surface area (Å²) in [6.07, 6.45) is 4.17. The number of hydrogen-bond acceptors (Lipinski definition) is 3. The zero-order valence-corrected chi connectivity index (χ0v) is 12.7. The predicted molar refractivity (Wildman–Crippen MR) is 84.0 cm³/mol. The van der Waals surface area contributed by atoms with Crippen molar-refractivity contribution in [2.24, 2.45) is 0 Å². The molecule has 2 N–H and O–H groups in total. The van der Waals surface area contributed by atoms with E-state index in [-0.39, 0.29) is 0 Å². The van der Waals surface area contributed by atoms with Crippen LogP contribution in [0.3, 0.4) is 0 Å². The quantitative estimate of drug-likeness (QED) is 0.911. The van der Waals surface area contributed by atoms with Crippen molar-refractivity contribution in [3.05, 3.63) is 53.1 Å². The van der Waals surface area contributed by atoms with E-state index in [1.165, 1.54) is 0 Å². The number of nitrogens with zero attached hydrogens (tertiary/aromatic N) is 2. The summed E-state index contributed by atoms with van der Waals surface area (Å²) < 4.78 is 0. The Morgan fingerprint density at radius 2 is 2.36 bits per heavy atom. The Kier molecular flexibility index (Phi) is 4.24. The van der Waals surface area contributed by atoms with Crippen LogP contribution >= 0.6 is 0 Å². The van der Waals surface area contributed by atoms with E-state index in [4.69, 9.17) is 5.11 Å². The Bertz CT molecular complexity index is 665. The molecule has 1 aromatic heterocycles. The van der Waals surface area contributed by atoms with E-state index >= 15 is 0 Å². The molecule has 0 bridgehead atoms. The van der Waals surface area contributed by atoms with Crippen LogP contribution in [0.1, 0.15) is 46.2 Å². The molecule has 1 atom stereocenters. The third-order valence-corrected chi connectivity index (χ3v) is 4.19. The zero-order chi connectivity index (χ0) is 15.5. The van der Waals surface area contributed by atoms with Gasteiger partial charge >= 0.3 is 5.97 Å². The Balaban J connectivity index is 1.67. The third kappa shape index (κ3) is 3.36. The molecule has 5 heteroatoms. The van der Waals surface area contributed by atoms with Crippen LogP contribution in [-0.2, 0) is 6.54 Å². The SMILES string of the molecule is Cc1cnc([C@@H]2CCCN(Cc3cccc(C(=O)O)c3)C2)[nH]1. The number of aromatic carboxylic acids is 1. The van der Waals surface area contributed by atoms with E-state index in [0.29, 0.717) is 11.5 Å². The average molecular weight is 299 g/mol. The molecule has 1 aliphatic heterocycles. The molecule has 1 fully saturated rings. The molecule has 0 amide bonds. The summed E-state index contributed by atoms with van der Waals surface area (Å²) in [4.78, 5) is 21.2. The minimum Gasteiger partial charge on any atom is -0.478 e. The molecule has 22 heavy (non-hydrogen) atoms. The molecule has 0 spiro atoms. The van der Waals surface area contributed by atoms with E-state index in [0.717, 1.165) is 49.6 Å². The summed E-state index contributed by atoms with van der Waals surface area (Å²) in [7, 11) is 0. The van der Waals surface area contributed by atoms with Crippen molar-refractivity contribution in [1.29, 1.82) is 0 Å². The van der Waals surface area contributed by atoms with Crippen LogP contribution in [0.2, 0.25) is 0 Å². The second-order valence-electron chi connectivity index (χ2n) is 6.03. The fourth-order valence-electron chi connectivity index (χ4n) is 3.12. The molecular weight excluding hydrogens is 278 g/mol. The van der Waals surface area contributed by atoms with Gasteiger partial charge in [0.1, 0.15) is 5.82 Å². The molecule has 0 aliphatic carbocycles. The van der Waals surface area contributed by atoms with Gasteiger partial charge in [0.05, 0.1) is 5.56 Å². The number of aromatic amines is 1. The van der Waals surface area contributed by atoms with Gasteiger partial charge in [0.15, 0.2) is 0 Å². The lowest BCUT2D eigenvalue weighted by Gasteiger charge is -2.31. The first-order valence-electron chi connectivity index (χ1n) is 7.68. The predicted octanol–water partition coefficient (Wildman–Crippen LogP) is 2.80. The number of likely N-dealkylation sites (tertiary alicyclic amines) is 1. The van der Waals surface area contributed by atoms with Crippen LogP contribution < -0.4 is 0 Å². The van der Waals surface area contributed by atoms with Crippen molar-refractivity contribution in [2.75, 3.05) is 13.1 Å². The Morgan fingerprint density at radius 1 is 1.50 bits per heavy atom. The first-order valence-corrected chi connectivity index (χ1v) is 7.68. The second kappa shape index (κ2) is 6.32. The van der Waals surface area contributed by atoms with Gasteiger partial charge in [-0.3, -0.25) is 4.90 Å². The van der Waals surface area contributed by atoms with Crippen molar-refractivity contribution in [1.82, 2.24) is 14.9 Å². The number of benzene rings is 1. The number of carbonyl (C=O) groups is 1. The Labute approximate surface area is 130 Å². The number of nitrogens with one attached hydrogen (secondary N) is 1. The van der Waals surface area contributed by atoms with E-state index < -0.39 is 5.97 Å². The zero-order valence-electron chi connectivity index (χ0n) is 12.7. The number of aromatic nitrogens is 2. The number of aryl methyl sites for hydroxylation is 1. The summed E-state index contributed by atoms with van der Waals surface area (Å²) in [5.74, 6) is 0.635. The monoisotopic (exact) mass is 299 g/mol. The second-order valence-corrected chi connectivity index (χ2v) is 6.03. The Hall–Kier alpha value is -2.14. The fraction of sp³-hybridized carbons (Fsp3) is 0.412. The van der Waals surface area contributed by atoms with Gasteiger partial charge in [-0.2, -0.15) is 0 Å². The number of rotatable bonds is 4. The lowest BCUT2D eigenvalue weighted by Crippen LogP contribution is -2.34. The Morgan fingerprint density at radius 3 is 3.09 bits per heavy atom. The molecule has 2 heterocycles. The standard InChI is InChI=1S/C17H21N3O2/c1-12-9-18-16(19-12)15-6-3-7-20(11-15)10-13-4-2-5-14(8-13)17(21)22/h2,4-5,8-9,15H,3,6-7,10-11H2,1H3,(H,18,19)(H,21,22)/t15-/m1/s1. The molecule has 2 aromatic rings. The first kappa shape index (κ1) is 14.8. The summed E-state index contributed by atoms with van der Waals surface area (Å²) in [5.41, 5.74) is 2.50. The number of hydrogen-bond donors (Lipinski definition) is 2. The molecule has 0 saturated carbocycles. The molecule has 5 nitrogen and oxygen atoms in total. The van der Waals surface area contributed by atoms with Gasteiger partial charge in [-0.25, -0.2) is 9.78 Å². The van der Waals surface area contributed by atoms with Crippen molar-refractivity contribution < 1.29 is 9.90 Å². The summed E-state index contributed by atoms with van der Waals surface area (Å²) in [6, 6.07) is 7.21. The molecular formula is C17H21N3O2. The third-order valence-electron chi connectivity index (χ3n) is 4.19. The highest BCUT2D eigenvalue weighted by Gasteiger charge is 2.23. The number of H-pyrrole nitrogens is 1. The van der Waals surface area contributed by atoms with Crippen molar-refractivity contribution >= 4 is 5.97 Å². The van der Waals surface area contributed by atoms with Gasteiger partial charge in [0.2, 0.25) is 0 Å². The topological polar surface area (TPSA) is 69.2 Å². The van der Waals surface area contributed by atoms with E-state index in [1.807, 2.05) is 25.3 Å². The van der Waals surface area contributed by atoms with Crippen LogP contribution in [0, 0.1) is 6.92 Å². The molecule has 116 valence electrons. The molecule has 3 rings (SSSR count). The smallest absolute Gasteiger partial charge is 0.335 e. The van der Waals surface area contributed by atoms with Gasteiger partial charge in [0, 0.05) is 30.9 Å². The van der Waals surface area contributed by atoms with Gasteiger partial charge < -0.3 is 10.1 Å². The fourth-order valence-corrected chi connectivity index (χ4v) is 3.12. The number of carboxylic acid groups (broad SMARTS) is 1. The van der Waals surface area contributed by atoms with Gasteiger partial charge in [-0.1, -0.05) is 12.1 Å². The van der Waals surface area contributed by atoms with Crippen molar-refractivity contribution in [3.63, 3.8) is 0 Å². The highest BCUT2D eigenvalue weighted by atomic mass is 16.4. The maximum atomic E-state index is 11.1. The van der Waals surface area contributed by atoms with E-state index in [2.05, 4.69) is 14.9 Å². The van der Waals surface area contributed by atoms with E-state index in [9.17, 15) is 4.79 Å². The van der Waals surface area contributed by atoms with Crippen LogP contribution in [0.15, 0.2) is 30.5 Å². The number of imidazole rings is 1. The van der Waals surface area contributed by atoms with Crippen LogP contribution in [-0.4, -0.2) is 39.0 Å². The van der Waals surface area contributed by atoms with Gasteiger partial charge in [0.25, 0.3) is 0 Å². The molecule has 1 saturated heterocycles. The van der Waals surface area contributed by atoms with Crippen LogP contribution in [0.4, 0.5) is 0 Å². The highest BCUT2D eigenvalue weighted by Crippen LogP contribution is 2.26. The summed E-state index contributed by atoms with van der Waals surface area (Å²) in [5, 5.41) is 9.08. The maximum absolute atomic E-state index is 11.1. The molecule has 1 aliphatic rings. The first-order chi connectivity index (χ1) is 10.6. The summed E-state index contributed by atoms with van der Waals surface area (Å²) in [6.45, 7) is 4.82. The largest absolute Gasteiger partial charge is 0.478 e.